The fraction of sp³-hybridized carbons (Fsp3) is 0.250. The van der Waals surface area contributed by atoms with Gasteiger partial charge >= 0.3 is 0 Å². The molecule has 0 saturated carbocycles. The van der Waals surface area contributed by atoms with E-state index in [0.29, 0.717) is 12.0 Å². The van der Waals surface area contributed by atoms with Gasteiger partial charge in [-0.05, 0) is 45.0 Å². The van der Waals surface area contributed by atoms with E-state index in [1.807, 2.05) is 49.6 Å². The van der Waals surface area contributed by atoms with E-state index in [1.54, 1.807) is 0 Å². The standard InChI is InChI=1S/C20H20F2N4O2/c1-20(2,3)26-16-7-5-4-6-15(16)24-19(26)25-17(27)11-23-18(28)12-8-13(21)10-14(22)9-12/h4-10H,11H2,1-3H3,(H,23,28)(H,24,25,27). The Hall–Kier alpha value is -3.29. The summed E-state index contributed by atoms with van der Waals surface area (Å²) < 4.78 is 28.3. The molecule has 146 valence electrons. The van der Waals surface area contributed by atoms with Crippen LogP contribution in [-0.2, 0) is 10.3 Å². The number of carbonyl (C=O) groups excluding carboxylic acids is 2. The third-order valence-electron chi connectivity index (χ3n) is 4.02. The number of imidazole rings is 1. The van der Waals surface area contributed by atoms with E-state index in [9.17, 15) is 18.4 Å². The highest BCUT2D eigenvalue weighted by molar-refractivity contribution is 5.99. The van der Waals surface area contributed by atoms with Gasteiger partial charge in [0.05, 0.1) is 17.6 Å². The van der Waals surface area contributed by atoms with Gasteiger partial charge in [0.2, 0.25) is 11.9 Å². The summed E-state index contributed by atoms with van der Waals surface area (Å²) in [4.78, 5) is 28.8. The van der Waals surface area contributed by atoms with Crippen LogP contribution in [0.25, 0.3) is 11.0 Å². The van der Waals surface area contributed by atoms with E-state index >= 15 is 0 Å². The van der Waals surface area contributed by atoms with Crippen molar-refractivity contribution >= 4 is 28.8 Å². The van der Waals surface area contributed by atoms with Crippen molar-refractivity contribution < 1.29 is 18.4 Å². The second kappa shape index (κ2) is 7.38. The quantitative estimate of drug-likeness (QED) is 0.721. The Bertz CT molecular complexity index is 1030. The molecule has 0 aliphatic rings. The van der Waals surface area contributed by atoms with Crippen LogP contribution in [0.3, 0.4) is 0 Å². The van der Waals surface area contributed by atoms with E-state index in [-0.39, 0.29) is 17.6 Å². The topological polar surface area (TPSA) is 76.0 Å². The maximum atomic E-state index is 13.2. The second-order valence-corrected chi connectivity index (χ2v) is 7.32. The van der Waals surface area contributed by atoms with Crippen molar-refractivity contribution in [1.29, 1.82) is 0 Å². The lowest BCUT2D eigenvalue weighted by atomic mass is 10.1. The molecule has 0 saturated heterocycles. The Balaban J connectivity index is 1.74. The van der Waals surface area contributed by atoms with Crippen molar-refractivity contribution in [1.82, 2.24) is 14.9 Å². The van der Waals surface area contributed by atoms with E-state index in [1.165, 1.54) is 0 Å². The first-order chi connectivity index (χ1) is 13.1. The van der Waals surface area contributed by atoms with E-state index < -0.39 is 23.4 Å². The highest BCUT2D eigenvalue weighted by Crippen LogP contribution is 2.27. The molecule has 2 aromatic carbocycles. The zero-order valence-corrected chi connectivity index (χ0v) is 15.7. The highest BCUT2D eigenvalue weighted by atomic mass is 19.1. The molecule has 2 amide bonds. The van der Waals surface area contributed by atoms with Crippen LogP contribution in [0.1, 0.15) is 31.1 Å². The summed E-state index contributed by atoms with van der Waals surface area (Å²) in [5.74, 6) is -2.64. The van der Waals surface area contributed by atoms with Gasteiger partial charge in [0, 0.05) is 17.2 Å². The molecular weight excluding hydrogens is 366 g/mol. The molecule has 2 N–H and O–H groups in total. The van der Waals surface area contributed by atoms with Crippen LogP contribution in [0.2, 0.25) is 0 Å². The highest BCUT2D eigenvalue weighted by Gasteiger charge is 2.22. The maximum Gasteiger partial charge on any atom is 0.251 e. The second-order valence-electron chi connectivity index (χ2n) is 7.32. The van der Waals surface area contributed by atoms with Crippen LogP contribution in [0.5, 0.6) is 0 Å². The Morgan fingerprint density at radius 2 is 1.71 bits per heavy atom. The molecule has 0 radical (unpaired) electrons. The lowest BCUT2D eigenvalue weighted by Gasteiger charge is -2.24. The van der Waals surface area contributed by atoms with Gasteiger partial charge in [0.25, 0.3) is 5.91 Å². The molecule has 8 heteroatoms. The molecule has 0 fully saturated rings. The number of aromatic nitrogens is 2. The Kier molecular flexibility index (Phi) is 5.13. The molecular formula is C20H20F2N4O2. The molecule has 0 unspecified atom stereocenters. The summed E-state index contributed by atoms with van der Waals surface area (Å²) in [6.07, 6.45) is 0. The zero-order valence-electron chi connectivity index (χ0n) is 15.7. The number of rotatable bonds is 4. The van der Waals surface area contributed by atoms with Crippen LogP contribution in [-0.4, -0.2) is 27.9 Å². The fourth-order valence-electron chi connectivity index (χ4n) is 2.91. The van der Waals surface area contributed by atoms with Crippen molar-refractivity contribution in [2.45, 2.75) is 26.3 Å². The van der Waals surface area contributed by atoms with Crippen LogP contribution in [0, 0.1) is 11.6 Å². The Morgan fingerprint density at radius 3 is 2.36 bits per heavy atom. The zero-order chi connectivity index (χ0) is 20.5. The van der Waals surface area contributed by atoms with Gasteiger partial charge in [-0.15, -0.1) is 0 Å². The van der Waals surface area contributed by atoms with Crippen LogP contribution in [0.15, 0.2) is 42.5 Å². The van der Waals surface area contributed by atoms with E-state index in [2.05, 4.69) is 15.6 Å². The third-order valence-corrected chi connectivity index (χ3v) is 4.02. The first kappa shape index (κ1) is 19.5. The summed E-state index contributed by atoms with van der Waals surface area (Å²) in [5, 5.41) is 5.03. The van der Waals surface area contributed by atoms with Gasteiger partial charge in [0.1, 0.15) is 11.6 Å². The number of fused-ring (bicyclic) bond motifs is 1. The molecule has 0 atom stereocenters. The molecule has 3 rings (SSSR count). The molecule has 28 heavy (non-hydrogen) atoms. The molecule has 0 bridgehead atoms. The summed E-state index contributed by atoms with van der Waals surface area (Å²) in [7, 11) is 0. The SMILES string of the molecule is CC(C)(C)n1c(NC(=O)CNC(=O)c2cc(F)cc(F)c2)nc2ccccc21. The summed E-state index contributed by atoms with van der Waals surface area (Å²) in [6.45, 7) is 5.58. The summed E-state index contributed by atoms with van der Waals surface area (Å²) in [6, 6.07) is 9.95. The number of anilines is 1. The average Bonchev–Trinajstić information content (AvgIpc) is 2.96. The van der Waals surface area contributed by atoms with Gasteiger partial charge in [-0.25, -0.2) is 13.8 Å². The van der Waals surface area contributed by atoms with Crippen molar-refractivity contribution in [3.8, 4) is 0 Å². The maximum absolute atomic E-state index is 13.2. The van der Waals surface area contributed by atoms with Crippen molar-refractivity contribution in [3.05, 3.63) is 59.7 Å². The molecule has 1 aromatic heterocycles. The number of carbonyl (C=O) groups is 2. The number of nitrogens with zero attached hydrogens (tertiary/aromatic N) is 2. The third kappa shape index (κ3) is 4.16. The molecule has 6 nitrogen and oxygen atoms in total. The number of hydrogen-bond donors (Lipinski definition) is 2. The number of nitrogens with one attached hydrogen (secondary N) is 2. The van der Waals surface area contributed by atoms with Gasteiger partial charge in [-0.1, -0.05) is 12.1 Å². The Morgan fingerprint density at radius 1 is 1.07 bits per heavy atom. The van der Waals surface area contributed by atoms with Crippen LogP contribution < -0.4 is 10.6 Å². The van der Waals surface area contributed by atoms with Crippen molar-refractivity contribution in [2.24, 2.45) is 0 Å². The predicted octanol–water partition coefficient (Wildman–Crippen LogP) is 3.44. The van der Waals surface area contributed by atoms with Gasteiger partial charge in [0.15, 0.2) is 0 Å². The minimum absolute atomic E-state index is 0.202. The van der Waals surface area contributed by atoms with Crippen molar-refractivity contribution in [2.75, 3.05) is 11.9 Å². The van der Waals surface area contributed by atoms with Gasteiger partial charge < -0.3 is 9.88 Å². The summed E-state index contributed by atoms with van der Waals surface area (Å²) in [5.41, 5.74) is 1.05. The number of hydrogen-bond acceptors (Lipinski definition) is 3. The molecule has 0 spiro atoms. The average molecular weight is 386 g/mol. The lowest BCUT2D eigenvalue weighted by molar-refractivity contribution is -0.115. The number of benzene rings is 2. The van der Waals surface area contributed by atoms with Gasteiger partial charge in [-0.3, -0.25) is 14.9 Å². The first-order valence-corrected chi connectivity index (χ1v) is 8.67. The number of amides is 2. The molecule has 3 aromatic rings. The van der Waals surface area contributed by atoms with E-state index in [4.69, 9.17) is 0 Å². The van der Waals surface area contributed by atoms with Gasteiger partial charge in [-0.2, -0.15) is 0 Å². The van der Waals surface area contributed by atoms with E-state index in [0.717, 1.165) is 23.2 Å². The minimum atomic E-state index is -0.867. The fourth-order valence-corrected chi connectivity index (χ4v) is 2.91. The molecule has 0 aliphatic heterocycles. The van der Waals surface area contributed by atoms with Crippen molar-refractivity contribution in [3.63, 3.8) is 0 Å². The summed E-state index contributed by atoms with van der Waals surface area (Å²) >= 11 is 0. The molecule has 1 heterocycles. The largest absolute Gasteiger partial charge is 0.343 e. The molecule has 0 aliphatic carbocycles. The number of halogens is 2. The predicted molar refractivity (Wildman–Crippen MR) is 102 cm³/mol. The normalized spacial score (nSPS) is 11.5. The van der Waals surface area contributed by atoms with Crippen LogP contribution in [0.4, 0.5) is 14.7 Å². The smallest absolute Gasteiger partial charge is 0.251 e. The first-order valence-electron chi connectivity index (χ1n) is 8.67. The minimum Gasteiger partial charge on any atom is -0.343 e. The Labute approximate surface area is 160 Å². The lowest BCUT2D eigenvalue weighted by Crippen LogP contribution is -2.34. The monoisotopic (exact) mass is 386 g/mol. The number of para-hydroxylation sites is 2. The van der Waals surface area contributed by atoms with Crippen LogP contribution >= 0.6 is 0 Å².